The lowest BCUT2D eigenvalue weighted by atomic mass is 10.1. The number of carbonyl (C=O) groups is 1. The second-order valence-electron chi connectivity index (χ2n) is 4.45. The Morgan fingerprint density at radius 1 is 1.59 bits per heavy atom. The normalized spacial score (nSPS) is 14.3. The molecule has 1 aromatic heterocycles. The summed E-state index contributed by atoms with van der Waals surface area (Å²) in [6.45, 7) is 4.71. The molecule has 0 bridgehead atoms. The van der Waals surface area contributed by atoms with Crippen molar-refractivity contribution in [1.29, 1.82) is 0 Å². The van der Waals surface area contributed by atoms with Gasteiger partial charge >= 0.3 is 0 Å². The maximum absolute atomic E-state index is 11.6. The Morgan fingerprint density at radius 3 is 2.94 bits per heavy atom. The Labute approximate surface area is 102 Å². The molecule has 1 heterocycles. The minimum atomic E-state index is -0.0306. The molecule has 0 aliphatic heterocycles. The number of nitrogens with one attached hydrogen (secondary N) is 1. The standard InChI is InChI=1S/C12H22N4O/c1-3-5-11(13)8-12(17)15-10(2)9-16-7-4-6-14-16/h4,6-7,10-11H,3,5,8-9,13H2,1-2H3,(H,15,17). The van der Waals surface area contributed by atoms with Crippen LogP contribution in [0.2, 0.25) is 0 Å². The van der Waals surface area contributed by atoms with Gasteiger partial charge in [-0.3, -0.25) is 9.48 Å². The summed E-state index contributed by atoms with van der Waals surface area (Å²) in [5.41, 5.74) is 5.82. The number of amides is 1. The molecule has 1 amide bonds. The first-order valence-corrected chi connectivity index (χ1v) is 6.14. The third-order valence-corrected chi connectivity index (χ3v) is 2.53. The Balaban J connectivity index is 2.26. The molecule has 0 aromatic carbocycles. The van der Waals surface area contributed by atoms with Crippen molar-refractivity contribution in [3.63, 3.8) is 0 Å². The van der Waals surface area contributed by atoms with Crippen molar-refractivity contribution in [2.45, 2.75) is 51.7 Å². The van der Waals surface area contributed by atoms with Gasteiger partial charge in [0.2, 0.25) is 5.91 Å². The van der Waals surface area contributed by atoms with Gasteiger partial charge in [-0.15, -0.1) is 0 Å². The summed E-state index contributed by atoms with van der Waals surface area (Å²) < 4.78 is 1.80. The molecule has 0 fully saturated rings. The van der Waals surface area contributed by atoms with E-state index in [0.29, 0.717) is 13.0 Å². The van der Waals surface area contributed by atoms with Gasteiger partial charge in [0.1, 0.15) is 0 Å². The molecule has 3 N–H and O–H groups in total. The molecule has 0 saturated heterocycles. The lowest BCUT2D eigenvalue weighted by Crippen LogP contribution is -2.38. The van der Waals surface area contributed by atoms with Crippen LogP contribution in [0, 0.1) is 0 Å². The van der Waals surface area contributed by atoms with E-state index in [2.05, 4.69) is 17.3 Å². The molecule has 5 nitrogen and oxygen atoms in total. The van der Waals surface area contributed by atoms with Gasteiger partial charge < -0.3 is 11.1 Å². The van der Waals surface area contributed by atoms with Crippen LogP contribution in [-0.4, -0.2) is 27.8 Å². The maximum Gasteiger partial charge on any atom is 0.221 e. The van der Waals surface area contributed by atoms with E-state index in [4.69, 9.17) is 5.73 Å². The van der Waals surface area contributed by atoms with Crippen molar-refractivity contribution in [2.75, 3.05) is 0 Å². The summed E-state index contributed by atoms with van der Waals surface area (Å²) in [7, 11) is 0. The fraction of sp³-hybridized carbons (Fsp3) is 0.667. The van der Waals surface area contributed by atoms with Gasteiger partial charge in [0.05, 0.1) is 6.54 Å². The minimum absolute atomic E-state index is 0.0191. The van der Waals surface area contributed by atoms with Gasteiger partial charge in [-0.05, 0) is 19.4 Å². The number of nitrogens with two attached hydrogens (primary N) is 1. The van der Waals surface area contributed by atoms with E-state index in [1.54, 1.807) is 10.9 Å². The molecule has 2 atom stereocenters. The van der Waals surface area contributed by atoms with Crippen LogP contribution in [0.5, 0.6) is 0 Å². The summed E-state index contributed by atoms with van der Waals surface area (Å²) >= 11 is 0. The minimum Gasteiger partial charge on any atom is -0.352 e. The fourth-order valence-electron chi connectivity index (χ4n) is 1.78. The van der Waals surface area contributed by atoms with Gasteiger partial charge in [-0.2, -0.15) is 5.10 Å². The molecule has 2 unspecified atom stereocenters. The molecule has 0 aliphatic carbocycles. The topological polar surface area (TPSA) is 72.9 Å². The van der Waals surface area contributed by atoms with Crippen LogP contribution in [-0.2, 0) is 11.3 Å². The zero-order valence-electron chi connectivity index (χ0n) is 10.6. The smallest absolute Gasteiger partial charge is 0.221 e. The third kappa shape index (κ3) is 5.49. The molecule has 96 valence electrons. The molecular weight excluding hydrogens is 216 g/mol. The van der Waals surface area contributed by atoms with Crippen LogP contribution in [0.15, 0.2) is 18.5 Å². The second-order valence-corrected chi connectivity index (χ2v) is 4.45. The molecule has 0 saturated carbocycles. The predicted molar refractivity (Wildman–Crippen MR) is 67.3 cm³/mol. The highest BCUT2D eigenvalue weighted by molar-refractivity contribution is 5.76. The third-order valence-electron chi connectivity index (χ3n) is 2.53. The van der Waals surface area contributed by atoms with Crippen molar-refractivity contribution in [3.8, 4) is 0 Å². The Kier molecular flexibility index (Phi) is 5.69. The van der Waals surface area contributed by atoms with Gasteiger partial charge in [-0.25, -0.2) is 0 Å². The van der Waals surface area contributed by atoms with E-state index in [0.717, 1.165) is 12.8 Å². The van der Waals surface area contributed by atoms with Gasteiger partial charge in [0, 0.05) is 30.9 Å². The van der Waals surface area contributed by atoms with Crippen LogP contribution in [0.1, 0.15) is 33.1 Å². The SMILES string of the molecule is CCCC(N)CC(=O)NC(C)Cn1cccn1. The molecule has 5 heteroatoms. The first-order valence-electron chi connectivity index (χ1n) is 6.14. The molecular formula is C12H22N4O. The summed E-state index contributed by atoms with van der Waals surface area (Å²) in [5, 5.41) is 7.02. The molecule has 1 aromatic rings. The predicted octanol–water partition coefficient (Wildman–Crippen LogP) is 0.905. The lowest BCUT2D eigenvalue weighted by Gasteiger charge is -2.16. The molecule has 1 rings (SSSR count). The van der Waals surface area contributed by atoms with Crippen molar-refractivity contribution in [2.24, 2.45) is 5.73 Å². The second kappa shape index (κ2) is 7.06. The van der Waals surface area contributed by atoms with Crippen molar-refractivity contribution < 1.29 is 4.79 Å². The Morgan fingerprint density at radius 2 is 2.35 bits per heavy atom. The van der Waals surface area contributed by atoms with E-state index < -0.39 is 0 Å². The summed E-state index contributed by atoms with van der Waals surface area (Å²) in [6, 6.07) is 1.90. The maximum atomic E-state index is 11.6. The van der Waals surface area contributed by atoms with Crippen LogP contribution in [0.25, 0.3) is 0 Å². The number of hydrogen-bond donors (Lipinski definition) is 2. The first kappa shape index (κ1) is 13.7. The van der Waals surface area contributed by atoms with Crippen LogP contribution in [0.4, 0.5) is 0 Å². The van der Waals surface area contributed by atoms with Crippen LogP contribution < -0.4 is 11.1 Å². The highest BCUT2D eigenvalue weighted by Gasteiger charge is 2.11. The van der Waals surface area contributed by atoms with Crippen molar-refractivity contribution in [1.82, 2.24) is 15.1 Å². The van der Waals surface area contributed by atoms with Crippen LogP contribution >= 0.6 is 0 Å². The lowest BCUT2D eigenvalue weighted by molar-refractivity contribution is -0.122. The molecule has 0 radical (unpaired) electrons. The van der Waals surface area contributed by atoms with E-state index in [1.807, 2.05) is 19.2 Å². The van der Waals surface area contributed by atoms with E-state index in [1.165, 1.54) is 0 Å². The Bertz CT molecular complexity index is 323. The average Bonchev–Trinajstić information content (AvgIpc) is 2.69. The fourth-order valence-corrected chi connectivity index (χ4v) is 1.78. The summed E-state index contributed by atoms with van der Waals surface area (Å²) in [5.74, 6) is 0.0191. The number of rotatable bonds is 7. The molecule has 0 aliphatic rings. The summed E-state index contributed by atoms with van der Waals surface area (Å²) in [6.07, 6.45) is 5.91. The van der Waals surface area contributed by atoms with Gasteiger partial charge in [0.25, 0.3) is 0 Å². The highest BCUT2D eigenvalue weighted by atomic mass is 16.1. The van der Waals surface area contributed by atoms with E-state index in [9.17, 15) is 4.79 Å². The van der Waals surface area contributed by atoms with E-state index >= 15 is 0 Å². The van der Waals surface area contributed by atoms with Gasteiger partial charge in [-0.1, -0.05) is 13.3 Å². The zero-order chi connectivity index (χ0) is 12.7. The quantitative estimate of drug-likeness (QED) is 0.741. The van der Waals surface area contributed by atoms with Crippen molar-refractivity contribution in [3.05, 3.63) is 18.5 Å². The first-order chi connectivity index (χ1) is 8.11. The van der Waals surface area contributed by atoms with Crippen LogP contribution in [0.3, 0.4) is 0 Å². The van der Waals surface area contributed by atoms with E-state index in [-0.39, 0.29) is 18.0 Å². The highest BCUT2D eigenvalue weighted by Crippen LogP contribution is 1.99. The average molecular weight is 238 g/mol. The molecule has 0 spiro atoms. The Hall–Kier alpha value is -1.36. The number of aromatic nitrogens is 2. The van der Waals surface area contributed by atoms with Crippen molar-refractivity contribution >= 4 is 5.91 Å². The largest absolute Gasteiger partial charge is 0.352 e. The monoisotopic (exact) mass is 238 g/mol. The number of hydrogen-bond acceptors (Lipinski definition) is 3. The zero-order valence-corrected chi connectivity index (χ0v) is 10.6. The summed E-state index contributed by atoms with van der Waals surface area (Å²) in [4.78, 5) is 11.6. The van der Waals surface area contributed by atoms with Gasteiger partial charge in [0.15, 0.2) is 0 Å². The number of carbonyl (C=O) groups excluding carboxylic acids is 1. The number of nitrogens with zero attached hydrogens (tertiary/aromatic N) is 2. The molecule has 17 heavy (non-hydrogen) atoms.